The molecule has 0 atom stereocenters. The number of likely N-dealkylation sites (tertiary alicyclic amines) is 1. The van der Waals surface area contributed by atoms with E-state index in [2.05, 4.69) is 49.1 Å². The van der Waals surface area contributed by atoms with E-state index >= 15 is 0 Å². The quantitative estimate of drug-likeness (QED) is 0.880. The van der Waals surface area contributed by atoms with Crippen LogP contribution in [-0.4, -0.2) is 35.2 Å². The van der Waals surface area contributed by atoms with E-state index in [9.17, 15) is 0 Å². The van der Waals surface area contributed by atoms with E-state index < -0.39 is 0 Å². The SMILES string of the molecule is CC(C)(CCO)N1CCC(Cc2ccccc2)CC1. The number of nitrogens with zero attached hydrogens (tertiary/aromatic N) is 1. The minimum Gasteiger partial charge on any atom is -0.396 e. The molecule has 1 N–H and O–H groups in total. The van der Waals surface area contributed by atoms with Crippen molar-refractivity contribution in [1.82, 2.24) is 4.90 Å². The van der Waals surface area contributed by atoms with E-state index in [4.69, 9.17) is 5.11 Å². The molecule has 0 aliphatic carbocycles. The van der Waals surface area contributed by atoms with Crippen molar-refractivity contribution in [2.75, 3.05) is 19.7 Å². The predicted molar refractivity (Wildman–Crippen MR) is 80.2 cm³/mol. The zero-order chi connectivity index (χ0) is 13.7. The van der Waals surface area contributed by atoms with Gasteiger partial charge in [-0.2, -0.15) is 0 Å². The van der Waals surface area contributed by atoms with Gasteiger partial charge in [0.05, 0.1) is 0 Å². The molecule has 0 unspecified atom stereocenters. The second-order valence-electron chi connectivity index (χ2n) is 6.41. The minimum atomic E-state index is 0.145. The zero-order valence-electron chi connectivity index (χ0n) is 12.3. The Hall–Kier alpha value is -0.860. The highest BCUT2D eigenvalue weighted by Gasteiger charge is 2.29. The van der Waals surface area contributed by atoms with E-state index in [-0.39, 0.29) is 12.1 Å². The maximum atomic E-state index is 9.15. The van der Waals surface area contributed by atoms with E-state index in [1.165, 1.54) is 37.9 Å². The Morgan fingerprint density at radius 2 is 1.79 bits per heavy atom. The first-order valence-corrected chi connectivity index (χ1v) is 7.51. The van der Waals surface area contributed by atoms with Crippen LogP contribution in [-0.2, 0) is 6.42 Å². The van der Waals surface area contributed by atoms with Crippen LogP contribution in [0.1, 0.15) is 38.7 Å². The lowest BCUT2D eigenvalue weighted by Crippen LogP contribution is -2.48. The summed E-state index contributed by atoms with van der Waals surface area (Å²) in [5.41, 5.74) is 1.61. The summed E-state index contributed by atoms with van der Waals surface area (Å²) in [6.45, 7) is 7.13. The molecule has 0 spiro atoms. The number of aliphatic hydroxyl groups excluding tert-OH is 1. The highest BCUT2D eigenvalue weighted by atomic mass is 16.3. The number of rotatable bonds is 5. The molecule has 0 bridgehead atoms. The largest absolute Gasteiger partial charge is 0.396 e. The molecule has 1 aliphatic heterocycles. The van der Waals surface area contributed by atoms with Gasteiger partial charge in [0.2, 0.25) is 0 Å². The van der Waals surface area contributed by atoms with Crippen LogP contribution in [0.15, 0.2) is 30.3 Å². The van der Waals surface area contributed by atoms with Crippen molar-refractivity contribution in [3.63, 3.8) is 0 Å². The molecule has 106 valence electrons. The van der Waals surface area contributed by atoms with E-state index in [1.807, 2.05) is 0 Å². The van der Waals surface area contributed by atoms with Gasteiger partial charge < -0.3 is 5.11 Å². The number of hydrogen-bond acceptors (Lipinski definition) is 2. The molecule has 1 aliphatic rings. The Balaban J connectivity index is 1.82. The van der Waals surface area contributed by atoms with Gasteiger partial charge in [-0.3, -0.25) is 4.90 Å². The Morgan fingerprint density at radius 1 is 1.16 bits per heavy atom. The molecule has 19 heavy (non-hydrogen) atoms. The number of hydrogen-bond donors (Lipinski definition) is 1. The molecule has 1 heterocycles. The normalized spacial score (nSPS) is 18.7. The van der Waals surface area contributed by atoms with Gasteiger partial charge in [-0.05, 0) is 64.1 Å². The van der Waals surface area contributed by atoms with Crippen LogP contribution in [0.25, 0.3) is 0 Å². The van der Waals surface area contributed by atoms with Gasteiger partial charge in [-0.15, -0.1) is 0 Å². The first-order valence-electron chi connectivity index (χ1n) is 7.51. The van der Waals surface area contributed by atoms with Crippen molar-refractivity contribution < 1.29 is 5.11 Å². The van der Waals surface area contributed by atoms with Gasteiger partial charge in [0.1, 0.15) is 0 Å². The molecular formula is C17H27NO. The maximum Gasteiger partial charge on any atom is 0.0448 e. The highest BCUT2D eigenvalue weighted by Crippen LogP contribution is 2.28. The molecule has 0 amide bonds. The molecular weight excluding hydrogens is 234 g/mol. The molecule has 2 heteroatoms. The van der Waals surface area contributed by atoms with Crippen molar-refractivity contribution in [2.24, 2.45) is 5.92 Å². The molecule has 1 aromatic rings. The second-order valence-corrected chi connectivity index (χ2v) is 6.41. The molecule has 2 rings (SSSR count). The Bertz CT molecular complexity index is 366. The van der Waals surface area contributed by atoms with Gasteiger partial charge in [0, 0.05) is 12.1 Å². The number of benzene rings is 1. The fraction of sp³-hybridized carbons (Fsp3) is 0.647. The Labute approximate surface area is 117 Å². The summed E-state index contributed by atoms with van der Waals surface area (Å²) in [5.74, 6) is 0.823. The summed E-state index contributed by atoms with van der Waals surface area (Å²) in [5, 5.41) is 9.15. The van der Waals surface area contributed by atoms with Gasteiger partial charge in [0.15, 0.2) is 0 Å². The van der Waals surface area contributed by atoms with Crippen LogP contribution < -0.4 is 0 Å². The van der Waals surface area contributed by atoms with Gasteiger partial charge in [-0.25, -0.2) is 0 Å². The molecule has 1 saturated heterocycles. The van der Waals surface area contributed by atoms with E-state index in [1.54, 1.807) is 0 Å². The fourth-order valence-electron chi connectivity index (χ4n) is 3.12. The van der Waals surface area contributed by atoms with Crippen LogP contribution in [0.3, 0.4) is 0 Å². The van der Waals surface area contributed by atoms with Crippen LogP contribution in [0, 0.1) is 5.92 Å². The number of piperidine rings is 1. The van der Waals surface area contributed by atoms with Gasteiger partial charge in [0.25, 0.3) is 0 Å². The third-order valence-electron chi connectivity index (χ3n) is 4.56. The summed E-state index contributed by atoms with van der Waals surface area (Å²) in [6, 6.07) is 10.8. The van der Waals surface area contributed by atoms with Crippen LogP contribution >= 0.6 is 0 Å². The molecule has 2 nitrogen and oxygen atoms in total. The summed E-state index contributed by atoms with van der Waals surface area (Å²) >= 11 is 0. The van der Waals surface area contributed by atoms with E-state index in [0.29, 0.717) is 0 Å². The Kier molecular flexibility index (Phi) is 5.00. The lowest BCUT2D eigenvalue weighted by Gasteiger charge is -2.43. The molecule has 0 saturated carbocycles. The fourth-order valence-corrected chi connectivity index (χ4v) is 3.12. The van der Waals surface area contributed by atoms with Crippen LogP contribution in [0.2, 0.25) is 0 Å². The third-order valence-corrected chi connectivity index (χ3v) is 4.56. The zero-order valence-corrected chi connectivity index (χ0v) is 12.3. The highest BCUT2D eigenvalue weighted by molar-refractivity contribution is 5.15. The monoisotopic (exact) mass is 261 g/mol. The first-order chi connectivity index (χ1) is 9.12. The standard InChI is InChI=1S/C17H27NO/c1-17(2,10-13-19)18-11-8-16(9-12-18)14-15-6-4-3-5-7-15/h3-7,16,19H,8-14H2,1-2H3. The second kappa shape index (κ2) is 6.53. The average molecular weight is 261 g/mol. The van der Waals surface area contributed by atoms with Crippen LogP contribution in [0.4, 0.5) is 0 Å². The van der Waals surface area contributed by atoms with Crippen LogP contribution in [0.5, 0.6) is 0 Å². The van der Waals surface area contributed by atoms with Crippen molar-refractivity contribution in [3.8, 4) is 0 Å². The van der Waals surface area contributed by atoms with E-state index in [0.717, 1.165) is 12.3 Å². The lowest BCUT2D eigenvalue weighted by atomic mass is 9.87. The minimum absolute atomic E-state index is 0.145. The van der Waals surface area contributed by atoms with Gasteiger partial charge >= 0.3 is 0 Å². The molecule has 1 aromatic carbocycles. The van der Waals surface area contributed by atoms with Gasteiger partial charge in [-0.1, -0.05) is 30.3 Å². The predicted octanol–water partition coefficient (Wildman–Crippen LogP) is 3.10. The molecule has 1 fully saturated rings. The van der Waals surface area contributed by atoms with Crippen molar-refractivity contribution >= 4 is 0 Å². The molecule has 0 radical (unpaired) electrons. The number of aliphatic hydroxyl groups is 1. The summed E-state index contributed by atoms with van der Waals surface area (Å²) in [4.78, 5) is 2.55. The van der Waals surface area contributed by atoms with Crippen molar-refractivity contribution in [2.45, 2.75) is 45.1 Å². The lowest BCUT2D eigenvalue weighted by molar-refractivity contribution is 0.0548. The Morgan fingerprint density at radius 3 is 2.37 bits per heavy atom. The first kappa shape index (κ1) is 14.5. The summed E-state index contributed by atoms with van der Waals surface area (Å²) < 4.78 is 0. The summed E-state index contributed by atoms with van der Waals surface area (Å²) in [6.07, 6.45) is 4.65. The third kappa shape index (κ3) is 4.05. The maximum absolute atomic E-state index is 9.15. The van der Waals surface area contributed by atoms with Crippen molar-refractivity contribution in [3.05, 3.63) is 35.9 Å². The topological polar surface area (TPSA) is 23.5 Å². The molecule has 0 aromatic heterocycles. The smallest absolute Gasteiger partial charge is 0.0448 e. The van der Waals surface area contributed by atoms with Crippen molar-refractivity contribution in [1.29, 1.82) is 0 Å². The summed E-state index contributed by atoms with van der Waals surface area (Å²) in [7, 11) is 0. The average Bonchev–Trinajstić information content (AvgIpc) is 2.40.